The third-order valence-electron chi connectivity index (χ3n) is 5.24. The number of hydrogen-bond acceptors (Lipinski definition) is 3. The Hall–Kier alpha value is 0.0969. The second-order valence-electron chi connectivity index (χ2n) is 7.48. The Kier molecular flexibility index (Phi) is 7.38. The van der Waals surface area contributed by atoms with Crippen LogP contribution in [-0.2, 0) is 9.16 Å². The highest BCUT2D eigenvalue weighted by Gasteiger charge is 2.47. The fourth-order valence-corrected chi connectivity index (χ4v) is 9.95. The predicted octanol–water partition coefficient (Wildman–Crippen LogP) is 4.70. The van der Waals surface area contributed by atoms with Crippen LogP contribution in [0.15, 0.2) is 0 Å². The van der Waals surface area contributed by atoms with Crippen LogP contribution in [0.25, 0.3) is 0 Å². The van der Waals surface area contributed by atoms with Crippen LogP contribution < -0.4 is 0 Å². The Bertz CT molecular complexity index is 283. The first kappa shape index (κ1) is 19.1. The molecule has 0 aromatic heterocycles. The summed E-state index contributed by atoms with van der Waals surface area (Å²) in [7, 11) is -1.80. The Morgan fingerprint density at radius 1 is 1.00 bits per heavy atom. The van der Waals surface area contributed by atoms with Crippen molar-refractivity contribution in [1.82, 2.24) is 0 Å². The third kappa shape index (κ3) is 4.31. The van der Waals surface area contributed by atoms with Gasteiger partial charge in [-0.3, -0.25) is 0 Å². The highest BCUT2D eigenvalue weighted by Crippen LogP contribution is 2.45. The second-order valence-corrected chi connectivity index (χ2v) is 12.9. The summed E-state index contributed by atoms with van der Waals surface area (Å²) in [6, 6.07) is 0. The van der Waals surface area contributed by atoms with Crippen LogP contribution in [-0.4, -0.2) is 32.4 Å². The van der Waals surface area contributed by atoms with E-state index >= 15 is 0 Å². The molecule has 0 spiro atoms. The van der Waals surface area contributed by atoms with Gasteiger partial charge in [-0.25, -0.2) is 0 Å². The summed E-state index contributed by atoms with van der Waals surface area (Å²) in [5.41, 5.74) is 1.86. The zero-order valence-electron chi connectivity index (χ0n) is 15.1. The molecule has 3 unspecified atom stereocenters. The summed E-state index contributed by atoms with van der Waals surface area (Å²) >= 11 is 0. The molecule has 21 heavy (non-hydrogen) atoms. The molecule has 1 aliphatic carbocycles. The Balaban J connectivity index is 2.74. The van der Waals surface area contributed by atoms with Crippen LogP contribution >= 0.6 is 0 Å². The molecule has 0 radical (unpaired) electrons. The molecular formula is C17H36O3Si. The minimum atomic E-state index is -1.80. The van der Waals surface area contributed by atoms with Gasteiger partial charge in [0.1, 0.15) is 0 Å². The summed E-state index contributed by atoms with van der Waals surface area (Å²) in [5.74, 6) is 0.244. The molecule has 3 nitrogen and oxygen atoms in total. The first-order valence-corrected chi connectivity index (χ1v) is 10.9. The maximum absolute atomic E-state index is 10.0. The first-order chi connectivity index (χ1) is 9.75. The van der Waals surface area contributed by atoms with E-state index in [2.05, 4.69) is 41.5 Å². The van der Waals surface area contributed by atoms with Crippen LogP contribution in [0.2, 0.25) is 16.6 Å². The number of ether oxygens (including phenoxy) is 1. The maximum atomic E-state index is 10.0. The smallest absolute Gasteiger partial charge is 0.200 e. The fourth-order valence-electron chi connectivity index (χ4n) is 4.34. The van der Waals surface area contributed by atoms with Crippen molar-refractivity contribution in [2.75, 3.05) is 6.61 Å². The largest absolute Gasteiger partial charge is 0.413 e. The summed E-state index contributed by atoms with van der Waals surface area (Å²) in [5, 5.41) is 10.0. The Morgan fingerprint density at radius 3 is 1.95 bits per heavy atom. The average molecular weight is 317 g/mol. The van der Waals surface area contributed by atoms with E-state index in [1.807, 2.05) is 6.92 Å². The summed E-state index contributed by atoms with van der Waals surface area (Å²) in [6.45, 7) is 16.5. The van der Waals surface area contributed by atoms with Crippen LogP contribution in [0.3, 0.4) is 0 Å². The molecule has 0 amide bonds. The molecular weight excluding hydrogens is 280 g/mol. The van der Waals surface area contributed by atoms with Gasteiger partial charge in [-0.2, -0.15) is 0 Å². The van der Waals surface area contributed by atoms with E-state index in [1.54, 1.807) is 0 Å². The highest BCUT2D eigenvalue weighted by atomic mass is 28.4. The van der Waals surface area contributed by atoms with Gasteiger partial charge in [-0.1, -0.05) is 41.5 Å². The number of rotatable bonds is 8. The van der Waals surface area contributed by atoms with E-state index in [9.17, 15) is 5.11 Å². The van der Waals surface area contributed by atoms with Crippen LogP contribution in [0.5, 0.6) is 0 Å². The molecule has 4 heteroatoms. The van der Waals surface area contributed by atoms with Gasteiger partial charge in [0.05, 0.1) is 0 Å². The van der Waals surface area contributed by atoms with E-state index in [4.69, 9.17) is 9.16 Å². The van der Waals surface area contributed by atoms with E-state index in [-0.39, 0.29) is 5.92 Å². The van der Waals surface area contributed by atoms with Gasteiger partial charge in [0.25, 0.3) is 0 Å². The van der Waals surface area contributed by atoms with Crippen LogP contribution in [0, 0.1) is 5.92 Å². The lowest BCUT2D eigenvalue weighted by Gasteiger charge is -2.44. The van der Waals surface area contributed by atoms with Crippen molar-refractivity contribution in [2.24, 2.45) is 5.92 Å². The maximum Gasteiger partial charge on any atom is 0.200 e. The molecule has 0 bridgehead atoms. The van der Waals surface area contributed by atoms with E-state index in [1.165, 1.54) is 0 Å². The van der Waals surface area contributed by atoms with Crippen molar-refractivity contribution in [1.29, 1.82) is 0 Å². The van der Waals surface area contributed by atoms with Gasteiger partial charge in [0, 0.05) is 18.6 Å². The molecule has 1 aliphatic rings. The van der Waals surface area contributed by atoms with E-state index in [0.29, 0.717) is 29.3 Å². The van der Waals surface area contributed by atoms with Crippen molar-refractivity contribution in [2.45, 2.75) is 96.7 Å². The third-order valence-corrected chi connectivity index (χ3v) is 11.4. The molecule has 1 rings (SSSR count). The van der Waals surface area contributed by atoms with Gasteiger partial charge in [0.15, 0.2) is 6.29 Å². The van der Waals surface area contributed by atoms with Gasteiger partial charge < -0.3 is 14.3 Å². The molecule has 1 fully saturated rings. The van der Waals surface area contributed by atoms with Gasteiger partial charge in [-0.15, -0.1) is 0 Å². The minimum Gasteiger partial charge on any atom is -0.413 e. The molecule has 0 aliphatic heterocycles. The van der Waals surface area contributed by atoms with Crippen LogP contribution in [0.4, 0.5) is 0 Å². The van der Waals surface area contributed by atoms with Crippen molar-refractivity contribution in [3.63, 3.8) is 0 Å². The average Bonchev–Trinajstić information content (AvgIpc) is 2.83. The lowest BCUT2D eigenvalue weighted by atomic mass is 10.1. The van der Waals surface area contributed by atoms with E-state index < -0.39 is 14.6 Å². The molecule has 1 saturated carbocycles. The first-order valence-electron chi connectivity index (χ1n) is 8.73. The molecule has 0 aromatic carbocycles. The molecule has 0 heterocycles. The second kappa shape index (κ2) is 8.09. The number of aliphatic hydroxyl groups is 1. The highest BCUT2D eigenvalue weighted by molar-refractivity contribution is 6.77. The summed E-state index contributed by atoms with van der Waals surface area (Å²) in [4.78, 5) is 0. The van der Waals surface area contributed by atoms with Crippen molar-refractivity contribution in [3.8, 4) is 0 Å². The molecule has 0 saturated heterocycles. The standard InChI is InChI=1S/C17H36O3Si/c1-8-19-17(18)15-9-10-16(11-15)20-21(12(2)3,13(4)5)14(6)7/h12-18H,8-11H2,1-7H3. The topological polar surface area (TPSA) is 38.7 Å². The number of hydrogen-bond donors (Lipinski definition) is 1. The molecule has 1 N–H and O–H groups in total. The van der Waals surface area contributed by atoms with Crippen molar-refractivity contribution in [3.05, 3.63) is 0 Å². The van der Waals surface area contributed by atoms with Gasteiger partial charge in [-0.05, 0) is 42.8 Å². The van der Waals surface area contributed by atoms with Crippen molar-refractivity contribution < 1.29 is 14.3 Å². The Morgan fingerprint density at radius 2 is 1.52 bits per heavy atom. The quantitative estimate of drug-likeness (QED) is 0.521. The van der Waals surface area contributed by atoms with Crippen LogP contribution in [0.1, 0.15) is 67.7 Å². The lowest BCUT2D eigenvalue weighted by Crippen LogP contribution is -2.49. The van der Waals surface area contributed by atoms with Gasteiger partial charge in [0.2, 0.25) is 8.32 Å². The molecule has 0 aromatic rings. The number of aliphatic hydroxyl groups excluding tert-OH is 1. The minimum absolute atomic E-state index is 0.244. The zero-order chi connectivity index (χ0) is 16.2. The monoisotopic (exact) mass is 316 g/mol. The molecule has 126 valence electrons. The van der Waals surface area contributed by atoms with Gasteiger partial charge >= 0.3 is 0 Å². The summed E-state index contributed by atoms with van der Waals surface area (Å²) in [6.07, 6.45) is 2.73. The van der Waals surface area contributed by atoms with Crippen molar-refractivity contribution >= 4 is 8.32 Å². The fraction of sp³-hybridized carbons (Fsp3) is 1.00. The predicted molar refractivity (Wildman–Crippen MR) is 90.9 cm³/mol. The Labute approximate surface area is 132 Å². The van der Waals surface area contributed by atoms with E-state index in [0.717, 1.165) is 19.3 Å². The molecule has 3 atom stereocenters. The SMILES string of the molecule is CCOC(O)C1CCC(O[Si](C(C)C)(C(C)C)C(C)C)C1. The summed E-state index contributed by atoms with van der Waals surface area (Å²) < 4.78 is 12.2. The normalized spacial score (nSPS) is 25.3. The zero-order valence-corrected chi connectivity index (χ0v) is 16.1. The lowest BCUT2D eigenvalue weighted by molar-refractivity contribution is -0.130.